The molecular weight excluding hydrogens is 729 g/mol. The molecule has 0 bridgehead atoms. The van der Waals surface area contributed by atoms with Gasteiger partial charge >= 0.3 is 5.97 Å². The Bertz CT molecular complexity index is 2200. The second-order valence-corrected chi connectivity index (χ2v) is 16.4. The molecule has 2 N–H and O–H groups in total. The van der Waals surface area contributed by atoms with Crippen molar-refractivity contribution in [3.05, 3.63) is 83.3 Å². The van der Waals surface area contributed by atoms with Crippen molar-refractivity contribution in [2.75, 3.05) is 65.3 Å². The number of carboxylic acid groups (broad SMARTS) is 1. The van der Waals surface area contributed by atoms with Gasteiger partial charge in [-0.3, -0.25) is 9.58 Å². The first kappa shape index (κ1) is 42.9. The summed E-state index contributed by atoms with van der Waals surface area (Å²) in [6.07, 6.45) is 1.93. The molecule has 1 atom stereocenters. The van der Waals surface area contributed by atoms with E-state index in [1.54, 1.807) is 7.05 Å². The lowest BCUT2D eigenvalue weighted by atomic mass is 9.95. The van der Waals surface area contributed by atoms with Crippen LogP contribution in [0.3, 0.4) is 0 Å². The number of aromatic carboxylic acids is 1. The van der Waals surface area contributed by atoms with E-state index in [0.717, 1.165) is 76.0 Å². The highest BCUT2D eigenvalue weighted by Crippen LogP contribution is 2.42. The van der Waals surface area contributed by atoms with E-state index < -0.39 is 22.0 Å². The Hall–Kier alpha value is -4.27. The van der Waals surface area contributed by atoms with Crippen molar-refractivity contribution >= 4 is 37.7 Å². The lowest BCUT2D eigenvalue weighted by molar-refractivity contribution is 0.0351. The van der Waals surface area contributed by atoms with Gasteiger partial charge in [0.05, 0.1) is 42.8 Å². The first-order valence-electron chi connectivity index (χ1n) is 19.6. The summed E-state index contributed by atoms with van der Waals surface area (Å²) in [7, 11) is -0.164. The minimum Gasteiger partial charge on any atom is -0.493 e. The van der Waals surface area contributed by atoms with E-state index in [-0.39, 0.29) is 31.8 Å². The first-order chi connectivity index (χ1) is 26.6. The van der Waals surface area contributed by atoms with Crippen molar-refractivity contribution in [3.63, 3.8) is 0 Å². The van der Waals surface area contributed by atoms with E-state index in [1.807, 2.05) is 71.8 Å². The zero-order valence-electron chi connectivity index (χ0n) is 32.9. The lowest BCUT2D eigenvalue weighted by Gasteiger charge is -2.31. The van der Waals surface area contributed by atoms with Crippen LogP contribution in [0.5, 0.6) is 5.75 Å². The molecule has 0 aliphatic carbocycles. The van der Waals surface area contributed by atoms with E-state index in [4.69, 9.17) is 14.6 Å². The van der Waals surface area contributed by atoms with Gasteiger partial charge in [0.1, 0.15) is 11.4 Å². The molecule has 304 valence electrons. The van der Waals surface area contributed by atoms with Crippen LogP contribution in [-0.2, 0) is 34.8 Å². The Labute approximate surface area is 332 Å². The Morgan fingerprint density at radius 2 is 1.68 bits per heavy atom. The largest absolute Gasteiger partial charge is 0.493 e. The van der Waals surface area contributed by atoms with Gasteiger partial charge in [0.2, 0.25) is 10.0 Å². The third kappa shape index (κ3) is 9.13. The molecule has 2 aliphatic heterocycles. The normalized spacial score (nSPS) is 17.3. The molecule has 1 unspecified atom stereocenters. The average molecular weight is 789 g/mol. The van der Waals surface area contributed by atoms with Crippen LogP contribution in [-0.4, -0.2) is 108 Å². The molecule has 1 fully saturated rings. The van der Waals surface area contributed by atoms with E-state index in [1.165, 1.54) is 4.31 Å². The molecule has 56 heavy (non-hydrogen) atoms. The number of sulfonamides is 1. The molecule has 0 radical (unpaired) electrons. The summed E-state index contributed by atoms with van der Waals surface area (Å²) >= 11 is 0. The summed E-state index contributed by atoms with van der Waals surface area (Å²) in [4.78, 5) is 15.4. The van der Waals surface area contributed by atoms with Crippen LogP contribution in [0, 0.1) is 6.92 Å². The summed E-state index contributed by atoms with van der Waals surface area (Å²) in [5.74, 6) is -0.332. The minimum atomic E-state index is -3.70. The van der Waals surface area contributed by atoms with Crippen molar-refractivity contribution in [1.82, 2.24) is 28.9 Å². The number of hydrogen-bond donors (Lipinski definition) is 2. The highest BCUT2D eigenvalue weighted by atomic mass is 32.2. The van der Waals surface area contributed by atoms with Crippen LogP contribution in [0.4, 0.5) is 0 Å². The van der Waals surface area contributed by atoms with Crippen LogP contribution in [0.2, 0.25) is 0 Å². The lowest BCUT2D eigenvalue weighted by Crippen LogP contribution is -2.40. The molecule has 3 aromatic carbocycles. The minimum absolute atomic E-state index is 0. The topological polar surface area (TPSA) is 131 Å². The molecule has 7 rings (SSSR count). The molecule has 5 aromatic rings. The molecule has 4 heterocycles. The molecule has 0 amide bonds. The molecule has 1 saturated heterocycles. The van der Waals surface area contributed by atoms with E-state index in [9.17, 15) is 18.3 Å². The monoisotopic (exact) mass is 788 g/mol. The second kappa shape index (κ2) is 19.3. The van der Waals surface area contributed by atoms with Crippen molar-refractivity contribution in [3.8, 4) is 16.9 Å². The highest BCUT2D eigenvalue weighted by molar-refractivity contribution is 7.89. The molecule has 0 saturated carbocycles. The van der Waals surface area contributed by atoms with Gasteiger partial charge in [0.15, 0.2) is 0 Å². The fraction of sp³-hybridized carbons (Fsp3) is 0.488. The highest BCUT2D eigenvalue weighted by Gasteiger charge is 2.35. The number of hydrogen-bond acceptors (Lipinski definition) is 8. The average Bonchev–Trinajstić information content (AvgIpc) is 3.66. The van der Waals surface area contributed by atoms with Gasteiger partial charge in [-0.15, -0.1) is 0 Å². The van der Waals surface area contributed by atoms with Gasteiger partial charge in [-0.1, -0.05) is 75.9 Å². The number of nitrogens with zero attached hydrogens (tertiary/aromatic N) is 5. The second-order valence-electron chi connectivity index (χ2n) is 14.3. The van der Waals surface area contributed by atoms with Crippen LogP contribution in [0.25, 0.3) is 32.8 Å². The zero-order valence-corrected chi connectivity index (χ0v) is 33.7. The zero-order chi connectivity index (χ0) is 39.1. The number of carboxylic acids is 1. The third-order valence-electron chi connectivity index (χ3n) is 10.9. The smallest absolute Gasteiger partial charge is 0.352 e. The number of aryl methyl sites for hydroxylation is 3. The Morgan fingerprint density at radius 3 is 2.39 bits per heavy atom. The quantitative estimate of drug-likeness (QED) is 0.137. The Kier molecular flexibility index (Phi) is 14.7. The van der Waals surface area contributed by atoms with Crippen LogP contribution in [0.1, 0.15) is 74.0 Å². The number of benzene rings is 3. The maximum atomic E-state index is 13.9. The van der Waals surface area contributed by atoms with E-state index in [2.05, 4.69) is 36.2 Å². The molecule has 2 aromatic heterocycles. The van der Waals surface area contributed by atoms with Crippen LogP contribution < -0.4 is 10.1 Å². The number of rotatable bonds is 11. The van der Waals surface area contributed by atoms with E-state index >= 15 is 0 Å². The number of nitrogens with one attached hydrogen (secondary N) is 1. The molecule has 13 heteroatoms. The molecular formula is C43H60N6O6S. The fourth-order valence-corrected chi connectivity index (χ4v) is 9.34. The van der Waals surface area contributed by atoms with Crippen molar-refractivity contribution in [1.29, 1.82) is 0 Å². The maximum Gasteiger partial charge on any atom is 0.352 e. The number of fused-ring (bicyclic) bond motifs is 3. The number of para-hydroxylation sites is 1. The molecule has 12 nitrogen and oxygen atoms in total. The maximum absolute atomic E-state index is 13.9. The fourth-order valence-electron chi connectivity index (χ4n) is 7.97. The summed E-state index contributed by atoms with van der Waals surface area (Å²) in [6, 6.07) is 19.6. The van der Waals surface area contributed by atoms with Crippen LogP contribution in [0.15, 0.2) is 60.7 Å². The van der Waals surface area contributed by atoms with Crippen molar-refractivity contribution < 1.29 is 27.8 Å². The Morgan fingerprint density at radius 1 is 0.982 bits per heavy atom. The number of aromatic nitrogens is 3. The number of ether oxygens (including phenoxy) is 2. The van der Waals surface area contributed by atoms with Crippen LogP contribution >= 0.6 is 0 Å². The molecule has 2 aliphatic rings. The predicted molar refractivity (Wildman–Crippen MR) is 225 cm³/mol. The predicted octanol–water partition coefficient (Wildman–Crippen LogP) is 6.89. The Balaban J connectivity index is 0.000000941. The van der Waals surface area contributed by atoms with Gasteiger partial charge in [-0.05, 0) is 62.7 Å². The summed E-state index contributed by atoms with van der Waals surface area (Å²) in [5, 5.41) is 21.8. The summed E-state index contributed by atoms with van der Waals surface area (Å²) in [6.45, 7) is 12.7. The molecule has 0 spiro atoms. The van der Waals surface area contributed by atoms with Crippen molar-refractivity contribution in [2.24, 2.45) is 7.05 Å². The summed E-state index contributed by atoms with van der Waals surface area (Å²) in [5.41, 5.74) is 5.05. The number of morpholine rings is 1. The van der Waals surface area contributed by atoms with Gasteiger partial charge < -0.3 is 24.5 Å². The third-order valence-corrected chi connectivity index (χ3v) is 12.8. The van der Waals surface area contributed by atoms with Gasteiger partial charge in [-0.25, -0.2) is 13.2 Å². The van der Waals surface area contributed by atoms with E-state index in [0.29, 0.717) is 51.3 Å². The van der Waals surface area contributed by atoms with Gasteiger partial charge in [0, 0.05) is 67.9 Å². The van der Waals surface area contributed by atoms with Gasteiger partial charge in [-0.2, -0.15) is 9.40 Å². The van der Waals surface area contributed by atoms with Gasteiger partial charge in [0.25, 0.3) is 0 Å². The number of carbonyl (C=O) groups is 1. The summed E-state index contributed by atoms with van der Waals surface area (Å²) < 4.78 is 44.8. The first-order valence-corrected chi connectivity index (χ1v) is 21.2. The standard InChI is InChI=1S/C38H45N5O6S.C4H11N.CH4/c1-26-34-31-14-7-13-29-30(15-8-22-49-33-16-6-11-27-10-4-5-12-28(27)33)37(38(44)45)43(36(29)31)18-9-25-50(46,47)41(3)32(35(34)39-40(26)2)17-19-42-20-23-48-24-21-42;1-3-5-4-2;/h4-7,10-14,16,32H,8-9,15,17-25H2,1-3H3,(H,44,45);5H,3-4H2,1-2H3;1H4. The SMILES string of the molecule is C.CCNCC.Cc1c2c(nn1C)C(CCN1CCOCC1)N(C)S(=O)(=O)CCCn1c(C(=O)O)c(CCCOc3cccc4ccccc34)c3cccc-2c31. The van der Waals surface area contributed by atoms with Crippen molar-refractivity contribution in [2.45, 2.75) is 66.5 Å².